The van der Waals surface area contributed by atoms with Gasteiger partial charge in [0.15, 0.2) is 0 Å². The molecule has 1 saturated heterocycles. The van der Waals surface area contributed by atoms with Crippen molar-refractivity contribution in [3.8, 4) is 17.0 Å². The van der Waals surface area contributed by atoms with Crippen LogP contribution < -0.4 is 10.1 Å². The van der Waals surface area contributed by atoms with E-state index in [1.807, 2.05) is 38.1 Å². The Hall–Kier alpha value is -2.38. The Morgan fingerprint density at radius 2 is 1.97 bits per heavy atom. The van der Waals surface area contributed by atoms with E-state index in [1.54, 1.807) is 7.11 Å². The molecule has 0 atom stereocenters. The van der Waals surface area contributed by atoms with E-state index >= 15 is 0 Å². The van der Waals surface area contributed by atoms with Gasteiger partial charge in [-0.15, -0.1) is 0 Å². The van der Waals surface area contributed by atoms with Crippen LogP contribution in [0.3, 0.4) is 0 Å². The van der Waals surface area contributed by atoms with Crippen molar-refractivity contribution >= 4 is 5.91 Å². The quantitative estimate of drug-likeness (QED) is 0.666. The molecule has 1 fully saturated rings. The number of benzene rings is 1. The molecule has 7 heteroatoms. The van der Waals surface area contributed by atoms with Crippen LogP contribution >= 0.6 is 0 Å². The van der Waals surface area contributed by atoms with Crippen LogP contribution in [-0.2, 0) is 4.74 Å². The van der Waals surface area contributed by atoms with Gasteiger partial charge in [-0.3, -0.25) is 4.79 Å². The smallest absolute Gasteiger partial charge is 0.270 e. The minimum absolute atomic E-state index is 0.143. The lowest BCUT2D eigenvalue weighted by atomic mass is 9.96. The van der Waals surface area contributed by atoms with Gasteiger partial charge >= 0.3 is 0 Å². The van der Waals surface area contributed by atoms with Gasteiger partial charge in [0, 0.05) is 18.0 Å². The third-order valence-electron chi connectivity index (χ3n) is 5.26. The zero-order valence-corrected chi connectivity index (χ0v) is 17.8. The summed E-state index contributed by atoms with van der Waals surface area (Å²) in [5, 5.41) is 2.94. The van der Waals surface area contributed by atoms with Gasteiger partial charge in [0.1, 0.15) is 23.0 Å². The fourth-order valence-corrected chi connectivity index (χ4v) is 3.54. The van der Waals surface area contributed by atoms with Gasteiger partial charge in [-0.25, -0.2) is 4.98 Å². The number of carbonyl (C=O) groups excluding carboxylic acids is 1. The van der Waals surface area contributed by atoms with Gasteiger partial charge in [0.05, 0.1) is 19.8 Å². The summed E-state index contributed by atoms with van der Waals surface area (Å²) < 4.78 is 10.8. The van der Waals surface area contributed by atoms with E-state index in [0.29, 0.717) is 30.5 Å². The Labute approximate surface area is 172 Å². The molecule has 0 aliphatic carbocycles. The SMILES string of the molecule is COc1ccc(-c2nc(C3CCN(C)CC3)[nH]c2C(=O)NCCOC(C)C)cc1. The number of rotatable bonds is 8. The van der Waals surface area contributed by atoms with Crippen molar-refractivity contribution in [2.24, 2.45) is 0 Å². The summed E-state index contributed by atoms with van der Waals surface area (Å²) in [5.74, 6) is 1.85. The second-order valence-electron chi connectivity index (χ2n) is 7.83. The highest BCUT2D eigenvalue weighted by Gasteiger charge is 2.25. The second kappa shape index (κ2) is 9.89. The Morgan fingerprint density at radius 1 is 1.28 bits per heavy atom. The molecule has 1 aromatic carbocycles. The first kappa shape index (κ1) is 21.3. The monoisotopic (exact) mass is 400 g/mol. The summed E-state index contributed by atoms with van der Waals surface area (Å²) in [4.78, 5) is 23.4. The molecule has 2 N–H and O–H groups in total. The van der Waals surface area contributed by atoms with Crippen LogP contribution in [0.5, 0.6) is 5.75 Å². The molecule has 0 saturated carbocycles. The van der Waals surface area contributed by atoms with Crippen molar-refractivity contribution < 1.29 is 14.3 Å². The predicted octanol–water partition coefficient (Wildman–Crippen LogP) is 3.05. The molecule has 1 aliphatic rings. The van der Waals surface area contributed by atoms with E-state index in [9.17, 15) is 4.79 Å². The number of aromatic amines is 1. The number of amides is 1. The third-order valence-corrected chi connectivity index (χ3v) is 5.26. The van der Waals surface area contributed by atoms with E-state index < -0.39 is 0 Å². The van der Waals surface area contributed by atoms with Crippen LogP contribution in [-0.4, -0.2) is 67.3 Å². The molecule has 3 rings (SSSR count). The van der Waals surface area contributed by atoms with Crippen LogP contribution in [0.15, 0.2) is 24.3 Å². The van der Waals surface area contributed by atoms with Crippen molar-refractivity contribution in [1.82, 2.24) is 20.2 Å². The molecule has 0 bridgehead atoms. The van der Waals surface area contributed by atoms with E-state index in [4.69, 9.17) is 14.5 Å². The van der Waals surface area contributed by atoms with Gasteiger partial charge in [-0.2, -0.15) is 0 Å². The number of nitrogens with one attached hydrogen (secondary N) is 2. The minimum Gasteiger partial charge on any atom is -0.497 e. The fourth-order valence-electron chi connectivity index (χ4n) is 3.54. The van der Waals surface area contributed by atoms with Gasteiger partial charge < -0.3 is 24.7 Å². The Kier molecular flexibility index (Phi) is 7.28. The van der Waals surface area contributed by atoms with Crippen LogP contribution in [0.2, 0.25) is 0 Å². The van der Waals surface area contributed by atoms with E-state index in [0.717, 1.165) is 43.1 Å². The Morgan fingerprint density at radius 3 is 2.59 bits per heavy atom. The highest BCUT2D eigenvalue weighted by Crippen LogP contribution is 2.30. The zero-order valence-electron chi connectivity index (χ0n) is 17.8. The summed E-state index contributed by atoms with van der Waals surface area (Å²) in [6, 6.07) is 7.65. The lowest BCUT2D eigenvalue weighted by molar-refractivity contribution is 0.0745. The van der Waals surface area contributed by atoms with Crippen molar-refractivity contribution in [1.29, 1.82) is 0 Å². The number of likely N-dealkylation sites (tertiary alicyclic amines) is 1. The van der Waals surface area contributed by atoms with E-state index in [1.165, 1.54) is 0 Å². The second-order valence-corrected chi connectivity index (χ2v) is 7.83. The topological polar surface area (TPSA) is 79.5 Å². The lowest BCUT2D eigenvalue weighted by Crippen LogP contribution is -2.30. The Bertz CT molecular complexity index is 793. The first-order valence-corrected chi connectivity index (χ1v) is 10.3. The summed E-state index contributed by atoms with van der Waals surface area (Å²) in [7, 11) is 3.78. The predicted molar refractivity (Wildman–Crippen MR) is 113 cm³/mol. The lowest BCUT2D eigenvalue weighted by Gasteiger charge is -2.27. The minimum atomic E-state index is -0.158. The molecule has 2 aromatic rings. The van der Waals surface area contributed by atoms with Crippen molar-refractivity contribution in [3.63, 3.8) is 0 Å². The number of nitrogens with zero attached hydrogens (tertiary/aromatic N) is 2. The number of hydrogen-bond acceptors (Lipinski definition) is 5. The molecule has 7 nitrogen and oxygen atoms in total. The summed E-state index contributed by atoms with van der Waals surface area (Å²) >= 11 is 0. The fraction of sp³-hybridized carbons (Fsp3) is 0.545. The average molecular weight is 401 g/mol. The largest absolute Gasteiger partial charge is 0.497 e. The highest BCUT2D eigenvalue weighted by atomic mass is 16.5. The summed E-state index contributed by atoms with van der Waals surface area (Å²) in [6.45, 7) is 6.98. The maximum atomic E-state index is 12.9. The molecule has 158 valence electrons. The van der Waals surface area contributed by atoms with Crippen LogP contribution in [0, 0.1) is 0 Å². The van der Waals surface area contributed by atoms with Crippen molar-refractivity contribution in [2.75, 3.05) is 40.4 Å². The van der Waals surface area contributed by atoms with Crippen LogP contribution in [0.1, 0.15) is 48.9 Å². The number of ether oxygens (including phenoxy) is 2. The van der Waals surface area contributed by atoms with Gasteiger partial charge in [-0.1, -0.05) is 0 Å². The van der Waals surface area contributed by atoms with Gasteiger partial charge in [0.2, 0.25) is 0 Å². The molecule has 2 heterocycles. The highest BCUT2D eigenvalue weighted by molar-refractivity contribution is 5.98. The number of H-pyrrole nitrogens is 1. The molecule has 0 unspecified atom stereocenters. The molecule has 1 aliphatic heterocycles. The molecule has 29 heavy (non-hydrogen) atoms. The molecular formula is C22H32N4O3. The van der Waals surface area contributed by atoms with Gasteiger partial charge in [-0.05, 0) is 71.1 Å². The van der Waals surface area contributed by atoms with E-state index in [2.05, 4.69) is 22.2 Å². The first-order valence-electron chi connectivity index (χ1n) is 10.3. The molecule has 0 radical (unpaired) electrons. The van der Waals surface area contributed by atoms with Gasteiger partial charge in [0.25, 0.3) is 5.91 Å². The third kappa shape index (κ3) is 5.58. The van der Waals surface area contributed by atoms with E-state index in [-0.39, 0.29) is 12.0 Å². The maximum absolute atomic E-state index is 12.9. The van der Waals surface area contributed by atoms with Crippen LogP contribution in [0.4, 0.5) is 0 Å². The molecule has 0 spiro atoms. The number of carbonyl (C=O) groups is 1. The van der Waals surface area contributed by atoms with Crippen LogP contribution in [0.25, 0.3) is 11.3 Å². The Balaban J connectivity index is 1.82. The average Bonchev–Trinajstić information content (AvgIpc) is 3.17. The van der Waals surface area contributed by atoms with Crippen molar-refractivity contribution in [3.05, 3.63) is 35.8 Å². The standard InChI is InChI=1S/C22H32N4O3/c1-15(2)29-14-11-23-22(27)20-19(16-5-7-18(28-4)8-6-16)24-21(25-20)17-9-12-26(3)13-10-17/h5-8,15,17H,9-14H2,1-4H3,(H,23,27)(H,24,25). The summed E-state index contributed by atoms with van der Waals surface area (Å²) in [5.41, 5.74) is 2.09. The first-order chi connectivity index (χ1) is 14.0. The maximum Gasteiger partial charge on any atom is 0.270 e. The number of imidazole rings is 1. The zero-order chi connectivity index (χ0) is 20.8. The van der Waals surface area contributed by atoms with Crippen molar-refractivity contribution in [2.45, 2.75) is 38.7 Å². The number of aromatic nitrogens is 2. The normalized spacial score (nSPS) is 15.6. The number of hydrogen-bond donors (Lipinski definition) is 2. The molecule has 1 aromatic heterocycles. The number of methoxy groups -OCH3 is 1. The molecular weight excluding hydrogens is 368 g/mol. The summed E-state index contributed by atoms with van der Waals surface area (Å²) in [6.07, 6.45) is 2.22. The number of piperidine rings is 1. The molecule has 1 amide bonds.